The summed E-state index contributed by atoms with van der Waals surface area (Å²) in [6, 6.07) is 8.94. The summed E-state index contributed by atoms with van der Waals surface area (Å²) >= 11 is 1.46. The first-order valence-corrected chi connectivity index (χ1v) is 7.25. The van der Waals surface area contributed by atoms with Gasteiger partial charge in [-0.1, -0.05) is 18.2 Å². The van der Waals surface area contributed by atoms with E-state index in [1.54, 1.807) is 12.1 Å². The third kappa shape index (κ3) is 4.61. The Kier molecular flexibility index (Phi) is 4.94. The minimum Gasteiger partial charge on any atom is -0.508 e. The van der Waals surface area contributed by atoms with Gasteiger partial charge in [0.2, 0.25) is 5.91 Å². The van der Waals surface area contributed by atoms with Crippen LogP contribution in [0.3, 0.4) is 0 Å². The number of carbonyl (C=O) groups is 2. The van der Waals surface area contributed by atoms with Crippen LogP contribution in [0.5, 0.6) is 5.75 Å². The zero-order valence-electron chi connectivity index (χ0n) is 11.2. The second-order valence-corrected chi connectivity index (χ2v) is 5.62. The summed E-state index contributed by atoms with van der Waals surface area (Å²) in [7, 11) is 0. The van der Waals surface area contributed by atoms with Crippen LogP contribution in [0.1, 0.15) is 10.4 Å². The van der Waals surface area contributed by atoms with Crippen molar-refractivity contribution in [1.82, 2.24) is 5.32 Å². The van der Waals surface area contributed by atoms with Gasteiger partial charge in [0.1, 0.15) is 11.8 Å². The predicted octanol–water partition coefficient (Wildman–Crippen LogP) is 1.81. The molecule has 0 saturated carbocycles. The van der Waals surface area contributed by atoms with E-state index in [-0.39, 0.29) is 24.5 Å². The number of nitrogens with one attached hydrogen (secondary N) is 1. The maximum absolute atomic E-state index is 11.9. The van der Waals surface area contributed by atoms with Gasteiger partial charge >= 0.3 is 5.97 Å². The number of hydrogen-bond donors (Lipinski definition) is 3. The van der Waals surface area contributed by atoms with Gasteiger partial charge in [-0.05, 0) is 29.1 Å². The second kappa shape index (κ2) is 6.90. The van der Waals surface area contributed by atoms with Gasteiger partial charge in [0, 0.05) is 11.3 Å². The van der Waals surface area contributed by atoms with E-state index in [0.717, 1.165) is 10.4 Å². The van der Waals surface area contributed by atoms with E-state index >= 15 is 0 Å². The number of carboxylic acid groups (broad SMARTS) is 1. The Morgan fingerprint density at radius 1 is 1.19 bits per heavy atom. The van der Waals surface area contributed by atoms with Crippen LogP contribution < -0.4 is 5.32 Å². The van der Waals surface area contributed by atoms with Crippen molar-refractivity contribution in [3.8, 4) is 5.75 Å². The molecule has 0 radical (unpaired) electrons. The summed E-state index contributed by atoms with van der Waals surface area (Å²) < 4.78 is 0. The molecule has 21 heavy (non-hydrogen) atoms. The number of rotatable bonds is 6. The van der Waals surface area contributed by atoms with Gasteiger partial charge in [0.25, 0.3) is 0 Å². The molecule has 0 aliphatic heterocycles. The molecule has 3 N–H and O–H groups in total. The highest BCUT2D eigenvalue weighted by atomic mass is 32.1. The van der Waals surface area contributed by atoms with E-state index in [4.69, 9.17) is 0 Å². The van der Waals surface area contributed by atoms with Gasteiger partial charge in [-0.3, -0.25) is 4.79 Å². The van der Waals surface area contributed by atoms with Crippen LogP contribution in [0.4, 0.5) is 0 Å². The molecule has 1 aromatic heterocycles. The molecular formula is C15H15NO4S. The van der Waals surface area contributed by atoms with Crippen molar-refractivity contribution in [3.63, 3.8) is 0 Å². The van der Waals surface area contributed by atoms with Crippen molar-refractivity contribution in [1.29, 1.82) is 0 Å². The van der Waals surface area contributed by atoms with Gasteiger partial charge in [-0.15, -0.1) is 11.3 Å². The number of phenolic OH excluding ortho intramolecular Hbond substituents is 1. The van der Waals surface area contributed by atoms with Crippen LogP contribution in [-0.4, -0.2) is 28.1 Å². The lowest BCUT2D eigenvalue weighted by Gasteiger charge is -2.14. The van der Waals surface area contributed by atoms with Gasteiger partial charge in [-0.25, -0.2) is 4.79 Å². The predicted molar refractivity (Wildman–Crippen MR) is 79.4 cm³/mol. The smallest absolute Gasteiger partial charge is 0.326 e. The molecule has 110 valence electrons. The molecule has 1 heterocycles. The Morgan fingerprint density at radius 3 is 2.48 bits per heavy atom. The van der Waals surface area contributed by atoms with Gasteiger partial charge in [0.15, 0.2) is 0 Å². The maximum Gasteiger partial charge on any atom is 0.326 e. The lowest BCUT2D eigenvalue weighted by Crippen LogP contribution is -2.42. The average Bonchev–Trinajstić information content (AvgIpc) is 2.93. The van der Waals surface area contributed by atoms with Crippen LogP contribution in [0.25, 0.3) is 0 Å². The number of carboxylic acids is 1. The van der Waals surface area contributed by atoms with Crippen molar-refractivity contribution in [2.45, 2.75) is 18.9 Å². The highest BCUT2D eigenvalue weighted by Crippen LogP contribution is 2.12. The standard InChI is InChI=1S/C15H15NO4S/c17-11-5-3-10(4-6-11)8-13(15(19)20)16-14(18)9-12-2-1-7-21-12/h1-7,13,17H,8-9H2,(H,16,18)(H,19,20). The fraction of sp³-hybridized carbons (Fsp3) is 0.200. The van der Waals surface area contributed by atoms with Crippen LogP contribution in [0, 0.1) is 0 Å². The topological polar surface area (TPSA) is 86.6 Å². The van der Waals surface area contributed by atoms with Crippen LogP contribution in [0.15, 0.2) is 41.8 Å². The summed E-state index contributed by atoms with van der Waals surface area (Å²) in [5, 5.41) is 22.8. The fourth-order valence-electron chi connectivity index (χ4n) is 1.88. The average molecular weight is 305 g/mol. The number of thiophene rings is 1. The molecule has 1 aromatic carbocycles. The molecule has 0 bridgehead atoms. The molecule has 2 aromatic rings. The second-order valence-electron chi connectivity index (χ2n) is 4.59. The molecule has 0 saturated heterocycles. The van der Waals surface area contributed by atoms with Crippen LogP contribution in [0.2, 0.25) is 0 Å². The number of benzene rings is 1. The van der Waals surface area contributed by atoms with Gasteiger partial charge < -0.3 is 15.5 Å². The largest absolute Gasteiger partial charge is 0.508 e. The van der Waals surface area contributed by atoms with Crippen molar-refractivity contribution < 1.29 is 19.8 Å². The van der Waals surface area contributed by atoms with E-state index < -0.39 is 12.0 Å². The van der Waals surface area contributed by atoms with Crippen molar-refractivity contribution in [2.75, 3.05) is 0 Å². The summed E-state index contributed by atoms with van der Waals surface area (Å²) in [4.78, 5) is 24.0. The lowest BCUT2D eigenvalue weighted by atomic mass is 10.1. The maximum atomic E-state index is 11.9. The number of phenols is 1. The van der Waals surface area contributed by atoms with Crippen molar-refractivity contribution in [3.05, 3.63) is 52.2 Å². The number of aromatic hydroxyl groups is 1. The first-order chi connectivity index (χ1) is 10.0. The minimum absolute atomic E-state index is 0.118. The Balaban J connectivity index is 1.97. The Hall–Kier alpha value is -2.34. The molecule has 1 unspecified atom stereocenters. The summed E-state index contributed by atoms with van der Waals surface area (Å²) in [6.07, 6.45) is 0.350. The Morgan fingerprint density at radius 2 is 1.90 bits per heavy atom. The fourth-order valence-corrected chi connectivity index (χ4v) is 2.59. The quantitative estimate of drug-likeness (QED) is 0.759. The van der Waals surface area contributed by atoms with E-state index in [9.17, 15) is 19.8 Å². The highest BCUT2D eigenvalue weighted by molar-refractivity contribution is 7.10. The minimum atomic E-state index is -1.08. The summed E-state index contributed by atoms with van der Waals surface area (Å²) in [6.45, 7) is 0. The third-order valence-corrected chi connectivity index (χ3v) is 3.80. The molecule has 0 spiro atoms. The van der Waals surface area contributed by atoms with E-state index in [2.05, 4.69) is 5.32 Å². The zero-order chi connectivity index (χ0) is 15.2. The van der Waals surface area contributed by atoms with E-state index in [0.29, 0.717) is 0 Å². The van der Waals surface area contributed by atoms with Gasteiger partial charge in [-0.2, -0.15) is 0 Å². The zero-order valence-corrected chi connectivity index (χ0v) is 12.0. The molecule has 0 aliphatic carbocycles. The molecule has 1 amide bonds. The monoisotopic (exact) mass is 305 g/mol. The summed E-state index contributed by atoms with van der Waals surface area (Å²) in [5.74, 6) is -1.28. The van der Waals surface area contributed by atoms with Crippen molar-refractivity contribution in [2.24, 2.45) is 0 Å². The lowest BCUT2D eigenvalue weighted by molar-refractivity contribution is -0.141. The first kappa shape index (κ1) is 15.1. The number of amides is 1. The molecule has 0 fully saturated rings. The summed E-state index contributed by atoms with van der Waals surface area (Å²) in [5.41, 5.74) is 0.733. The number of carbonyl (C=O) groups excluding carboxylic acids is 1. The number of aliphatic carboxylic acids is 1. The third-order valence-electron chi connectivity index (χ3n) is 2.92. The number of hydrogen-bond acceptors (Lipinski definition) is 4. The molecule has 6 heteroatoms. The highest BCUT2D eigenvalue weighted by Gasteiger charge is 2.20. The van der Waals surface area contributed by atoms with E-state index in [1.165, 1.54) is 23.5 Å². The molecule has 0 aliphatic rings. The SMILES string of the molecule is O=C(Cc1cccs1)NC(Cc1ccc(O)cc1)C(=O)O. The molecular weight excluding hydrogens is 290 g/mol. The Bertz CT molecular complexity index is 607. The Labute approximate surface area is 125 Å². The first-order valence-electron chi connectivity index (χ1n) is 6.37. The van der Waals surface area contributed by atoms with Crippen molar-refractivity contribution >= 4 is 23.2 Å². The molecule has 5 nitrogen and oxygen atoms in total. The van der Waals surface area contributed by atoms with E-state index in [1.807, 2.05) is 17.5 Å². The molecule has 1 atom stereocenters. The van der Waals surface area contributed by atoms with Crippen LogP contribution in [-0.2, 0) is 22.4 Å². The van der Waals surface area contributed by atoms with Gasteiger partial charge in [0.05, 0.1) is 6.42 Å². The molecule has 2 rings (SSSR count). The van der Waals surface area contributed by atoms with Crippen LogP contribution >= 0.6 is 11.3 Å². The normalized spacial score (nSPS) is 11.8.